The van der Waals surface area contributed by atoms with Gasteiger partial charge < -0.3 is 14.3 Å². The predicted octanol–water partition coefficient (Wildman–Crippen LogP) is 9.64. The van der Waals surface area contributed by atoms with Crippen molar-refractivity contribution in [3.8, 4) is 0 Å². The van der Waals surface area contributed by atoms with Gasteiger partial charge >= 0.3 is 11.9 Å². The molecule has 6 nitrogen and oxygen atoms in total. The highest BCUT2D eigenvalue weighted by atomic mass is 32.2. The van der Waals surface area contributed by atoms with E-state index in [2.05, 4.69) is 23.8 Å². The van der Waals surface area contributed by atoms with E-state index in [1.165, 1.54) is 64.2 Å². The number of carbonyl (C=O) groups excluding carboxylic acids is 1. The Kier molecular flexibility index (Phi) is 16.2. The van der Waals surface area contributed by atoms with E-state index in [1.54, 1.807) is 0 Å². The third-order valence-corrected chi connectivity index (χ3v) is 8.09. The van der Waals surface area contributed by atoms with Gasteiger partial charge in [0.25, 0.3) is 0 Å². The van der Waals surface area contributed by atoms with Gasteiger partial charge in [0.15, 0.2) is 0 Å². The molecular formula is C31H50N2O4S. The van der Waals surface area contributed by atoms with Crippen LogP contribution in [0.1, 0.15) is 136 Å². The average Bonchev–Trinajstić information content (AvgIpc) is 3.33. The predicted molar refractivity (Wildman–Crippen MR) is 157 cm³/mol. The Bertz CT molecular complexity index is 876. The van der Waals surface area contributed by atoms with Crippen molar-refractivity contribution in [1.29, 1.82) is 0 Å². The smallest absolute Gasteiger partial charge is 0.325 e. The Balaban J connectivity index is 1.97. The number of hydrogen-bond acceptors (Lipinski definition) is 5. The van der Waals surface area contributed by atoms with E-state index in [1.807, 2.05) is 24.3 Å². The lowest BCUT2D eigenvalue weighted by atomic mass is 9.75. The molecule has 0 atom stereocenters. The number of unbranched alkanes of at least 4 members (excludes halogenated alkanes) is 14. The molecule has 0 aliphatic rings. The molecule has 2 N–H and O–H groups in total. The van der Waals surface area contributed by atoms with Crippen molar-refractivity contribution in [2.45, 2.75) is 141 Å². The zero-order valence-electron chi connectivity index (χ0n) is 23.8. The maximum absolute atomic E-state index is 13.5. The van der Waals surface area contributed by atoms with Crippen LogP contribution < -0.4 is 0 Å². The SMILES string of the molecule is CCCCCCCCCCC(CCCCCCCCCC)(CC(=O)O)C(=O)OSc1nc2ccccc2[nH]1. The highest BCUT2D eigenvalue weighted by Crippen LogP contribution is 2.39. The van der Waals surface area contributed by atoms with Gasteiger partial charge in [0.2, 0.25) is 5.16 Å². The minimum Gasteiger partial charge on any atom is -0.481 e. The van der Waals surface area contributed by atoms with E-state index in [-0.39, 0.29) is 6.42 Å². The van der Waals surface area contributed by atoms with Crippen LogP contribution in [0.2, 0.25) is 0 Å². The number of aromatic amines is 1. The molecule has 0 aliphatic heterocycles. The lowest BCUT2D eigenvalue weighted by molar-refractivity contribution is -0.153. The Hall–Kier alpha value is -2.02. The molecule has 0 aliphatic carbocycles. The summed E-state index contributed by atoms with van der Waals surface area (Å²) in [6.45, 7) is 4.44. The standard InChI is InChI=1S/C31H50N2O4S/c1-3-5-7-9-11-13-15-19-23-31(25-28(34)35,24-20-16-14-12-10-8-6-4-2)29(36)37-38-30-32-26-21-17-18-22-27(26)33-30/h17-18,21-22H,3-16,19-20,23-25H2,1-2H3,(H,32,33)(H,34,35). The molecule has 38 heavy (non-hydrogen) atoms. The molecule has 0 saturated heterocycles. The third kappa shape index (κ3) is 12.2. The number of rotatable bonds is 23. The van der Waals surface area contributed by atoms with Gasteiger partial charge in [-0.15, -0.1) is 0 Å². The van der Waals surface area contributed by atoms with Crippen molar-refractivity contribution in [1.82, 2.24) is 9.97 Å². The molecule has 2 aromatic rings. The number of nitrogens with zero attached hydrogens (tertiary/aromatic N) is 1. The summed E-state index contributed by atoms with van der Waals surface area (Å²) in [5.41, 5.74) is 0.691. The third-order valence-electron chi connectivity index (χ3n) is 7.50. The average molecular weight is 547 g/mol. The molecule has 0 radical (unpaired) electrons. The molecule has 0 amide bonds. The first-order valence-corrected chi connectivity index (χ1v) is 15.8. The van der Waals surface area contributed by atoms with Gasteiger partial charge in [0.1, 0.15) is 12.0 Å². The number of fused-ring (bicyclic) bond motifs is 1. The van der Waals surface area contributed by atoms with Gasteiger partial charge in [-0.05, 0) is 25.0 Å². The number of H-pyrrole nitrogens is 1. The molecule has 0 unspecified atom stereocenters. The number of para-hydroxylation sites is 2. The van der Waals surface area contributed by atoms with Crippen LogP contribution in [0.3, 0.4) is 0 Å². The molecule has 2 rings (SSSR count). The number of benzene rings is 1. The molecule has 0 fully saturated rings. The fourth-order valence-corrected chi connectivity index (χ4v) is 5.82. The summed E-state index contributed by atoms with van der Waals surface area (Å²) < 4.78 is 5.69. The van der Waals surface area contributed by atoms with Crippen LogP contribution >= 0.6 is 12.0 Å². The number of hydrogen-bond donors (Lipinski definition) is 2. The van der Waals surface area contributed by atoms with Crippen molar-refractivity contribution in [2.24, 2.45) is 5.41 Å². The molecule has 1 heterocycles. The first kappa shape index (κ1) is 32.2. The Morgan fingerprint density at radius 3 is 1.82 bits per heavy atom. The van der Waals surface area contributed by atoms with E-state index in [9.17, 15) is 14.7 Å². The molecule has 1 aromatic heterocycles. The monoisotopic (exact) mass is 546 g/mol. The van der Waals surface area contributed by atoms with Gasteiger partial charge in [0, 0.05) is 0 Å². The van der Waals surface area contributed by atoms with E-state index >= 15 is 0 Å². The maximum atomic E-state index is 13.5. The van der Waals surface area contributed by atoms with Crippen molar-refractivity contribution in [3.63, 3.8) is 0 Å². The van der Waals surface area contributed by atoms with Crippen LogP contribution in [0.15, 0.2) is 29.4 Å². The maximum Gasteiger partial charge on any atom is 0.325 e. The Labute approximate surface area is 234 Å². The highest BCUT2D eigenvalue weighted by Gasteiger charge is 2.41. The normalized spacial score (nSPS) is 11.7. The molecule has 0 saturated carbocycles. The zero-order chi connectivity index (χ0) is 27.5. The minimum atomic E-state index is -0.991. The summed E-state index contributed by atoms with van der Waals surface area (Å²) in [4.78, 5) is 33.1. The van der Waals surface area contributed by atoms with E-state index in [0.717, 1.165) is 61.6 Å². The van der Waals surface area contributed by atoms with Crippen LogP contribution in [-0.4, -0.2) is 27.0 Å². The van der Waals surface area contributed by atoms with Crippen molar-refractivity contribution in [2.75, 3.05) is 0 Å². The second-order valence-electron chi connectivity index (χ2n) is 10.8. The largest absolute Gasteiger partial charge is 0.481 e. The summed E-state index contributed by atoms with van der Waals surface area (Å²) in [7, 11) is 0. The van der Waals surface area contributed by atoms with Crippen LogP contribution in [0, 0.1) is 5.41 Å². The quantitative estimate of drug-likeness (QED) is 0.106. The van der Waals surface area contributed by atoms with Crippen LogP contribution in [-0.2, 0) is 13.8 Å². The number of aliphatic carboxylic acids is 1. The van der Waals surface area contributed by atoms with Crippen LogP contribution in [0.5, 0.6) is 0 Å². The number of nitrogens with one attached hydrogen (secondary N) is 1. The number of aromatic nitrogens is 2. The van der Waals surface area contributed by atoms with Crippen molar-refractivity contribution < 1.29 is 18.9 Å². The summed E-state index contributed by atoms with van der Waals surface area (Å²) >= 11 is 0.909. The molecule has 214 valence electrons. The topological polar surface area (TPSA) is 92.3 Å². The van der Waals surface area contributed by atoms with Crippen molar-refractivity contribution >= 4 is 35.0 Å². The van der Waals surface area contributed by atoms with Gasteiger partial charge in [-0.2, -0.15) is 0 Å². The second kappa shape index (κ2) is 19.1. The number of carbonyl (C=O) groups is 2. The van der Waals surface area contributed by atoms with E-state index < -0.39 is 17.4 Å². The minimum absolute atomic E-state index is 0.181. The highest BCUT2D eigenvalue weighted by molar-refractivity contribution is 7.94. The summed E-state index contributed by atoms with van der Waals surface area (Å²) in [5.74, 6) is -1.36. The first-order valence-electron chi connectivity index (χ1n) is 15.1. The molecule has 0 spiro atoms. The van der Waals surface area contributed by atoms with Crippen LogP contribution in [0.25, 0.3) is 11.0 Å². The number of carboxylic acids is 1. The summed E-state index contributed by atoms with van der Waals surface area (Å²) in [5, 5.41) is 10.3. The second-order valence-corrected chi connectivity index (χ2v) is 11.5. The summed E-state index contributed by atoms with van der Waals surface area (Å²) in [6.07, 6.45) is 19.5. The first-order chi connectivity index (χ1) is 18.5. The Morgan fingerprint density at radius 2 is 1.32 bits per heavy atom. The molecule has 7 heteroatoms. The lowest BCUT2D eigenvalue weighted by Crippen LogP contribution is -2.34. The molecular weight excluding hydrogens is 496 g/mol. The Morgan fingerprint density at radius 1 is 0.816 bits per heavy atom. The molecule has 1 aromatic carbocycles. The molecule has 0 bridgehead atoms. The fraction of sp³-hybridized carbons (Fsp3) is 0.710. The van der Waals surface area contributed by atoms with Gasteiger partial charge in [-0.1, -0.05) is 129 Å². The van der Waals surface area contributed by atoms with E-state index in [0.29, 0.717) is 18.0 Å². The zero-order valence-corrected chi connectivity index (χ0v) is 24.6. The lowest BCUT2D eigenvalue weighted by Gasteiger charge is -2.29. The van der Waals surface area contributed by atoms with Gasteiger partial charge in [-0.25, -0.2) is 4.98 Å². The number of imidazole rings is 1. The fourth-order valence-electron chi connectivity index (χ4n) is 5.20. The van der Waals surface area contributed by atoms with Gasteiger partial charge in [0.05, 0.1) is 22.9 Å². The van der Waals surface area contributed by atoms with Crippen molar-refractivity contribution in [3.05, 3.63) is 24.3 Å². The van der Waals surface area contributed by atoms with E-state index in [4.69, 9.17) is 4.18 Å². The van der Waals surface area contributed by atoms with Gasteiger partial charge in [-0.3, -0.25) is 9.59 Å². The number of carboxylic acid groups (broad SMARTS) is 1. The van der Waals surface area contributed by atoms with Crippen LogP contribution in [0.4, 0.5) is 0 Å². The summed E-state index contributed by atoms with van der Waals surface area (Å²) in [6, 6.07) is 7.66.